The molecule has 1 unspecified atom stereocenters. The summed E-state index contributed by atoms with van der Waals surface area (Å²) in [6.07, 6.45) is 0.557. The first-order chi connectivity index (χ1) is 13.5. The summed E-state index contributed by atoms with van der Waals surface area (Å²) in [5.41, 5.74) is 1.17. The van der Waals surface area contributed by atoms with Gasteiger partial charge in [-0.25, -0.2) is 18.6 Å². The van der Waals surface area contributed by atoms with Gasteiger partial charge in [-0.2, -0.15) is 0 Å². The minimum atomic E-state index is -0.914. The van der Waals surface area contributed by atoms with E-state index in [-0.39, 0.29) is 29.4 Å². The number of ether oxygens (including phenoxy) is 2. The average Bonchev–Trinajstić information content (AvgIpc) is 3.00. The number of ketones is 1. The highest BCUT2D eigenvalue weighted by Gasteiger charge is 2.33. The summed E-state index contributed by atoms with van der Waals surface area (Å²) in [6.45, 7) is 0. The third kappa shape index (κ3) is 3.34. The Morgan fingerprint density at radius 1 is 1.11 bits per heavy atom. The normalized spacial score (nSPS) is 15.1. The molecule has 1 aromatic heterocycles. The van der Waals surface area contributed by atoms with Gasteiger partial charge in [-0.1, -0.05) is 18.2 Å². The highest BCUT2D eigenvalue weighted by molar-refractivity contribution is 6.00. The molecule has 7 heteroatoms. The van der Waals surface area contributed by atoms with E-state index in [1.165, 1.54) is 18.3 Å². The second-order valence-corrected chi connectivity index (χ2v) is 6.14. The van der Waals surface area contributed by atoms with E-state index in [4.69, 9.17) is 9.47 Å². The number of esters is 1. The number of nitrogens with zero attached hydrogens (tertiary/aromatic N) is 1. The van der Waals surface area contributed by atoms with Crippen LogP contribution in [-0.4, -0.2) is 16.7 Å². The number of hydrogen-bond acceptors (Lipinski definition) is 5. The molecule has 1 aliphatic heterocycles. The van der Waals surface area contributed by atoms with E-state index in [2.05, 4.69) is 4.98 Å². The minimum Gasteiger partial charge on any atom is -0.453 e. The van der Waals surface area contributed by atoms with Crippen molar-refractivity contribution in [1.29, 1.82) is 0 Å². The molecule has 1 aliphatic rings. The van der Waals surface area contributed by atoms with Crippen molar-refractivity contribution >= 4 is 11.8 Å². The van der Waals surface area contributed by atoms with Gasteiger partial charge in [0.15, 0.2) is 17.3 Å². The molecule has 0 spiro atoms. The Bertz CT molecular complexity index is 1080. The first kappa shape index (κ1) is 17.8. The first-order valence-electron chi connectivity index (χ1n) is 8.44. The van der Waals surface area contributed by atoms with Crippen LogP contribution in [0.1, 0.15) is 38.8 Å². The van der Waals surface area contributed by atoms with Crippen molar-refractivity contribution in [2.75, 3.05) is 0 Å². The van der Waals surface area contributed by atoms with E-state index in [9.17, 15) is 18.4 Å². The highest BCUT2D eigenvalue weighted by Crippen LogP contribution is 2.35. The summed E-state index contributed by atoms with van der Waals surface area (Å²) in [7, 11) is 0. The lowest BCUT2D eigenvalue weighted by Crippen LogP contribution is -2.09. The largest absolute Gasteiger partial charge is 0.453 e. The van der Waals surface area contributed by atoms with Crippen molar-refractivity contribution in [2.45, 2.75) is 12.5 Å². The van der Waals surface area contributed by atoms with Gasteiger partial charge < -0.3 is 9.47 Å². The first-order valence-corrected chi connectivity index (χ1v) is 8.44. The lowest BCUT2D eigenvalue weighted by Gasteiger charge is -2.12. The molecule has 2 aromatic carbocycles. The van der Waals surface area contributed by atoms with E-state index in [1.54, 1.807) is 24.3 Å². The van der Waals surface area contributed by atoms with Crippen LogP contribution in [0.5, 0.6) is 11.6 Å². The number of hydrogen-bond donors (Lipinski definition) is 0. The van der Waals surface area contributed by atoms with Gasteiger partial charge >= 0.3 is 5.97 Å². The number of fused-ring (bicyclic) bond motifs is 1. The lowest BCUT2D eigenvalue weighted by molar-refractivity contribution is 0.0367. The predicted octanol–water partition coefficient (Wildman–Crippen LogP) is 4.64. The fourth-order valence-corrected chi connectivity index (χ4v) is 3.00. The van der Waals surface area contributed by atoms with Crippen LogP contribution in [-0.2, 0) is 4.74 Å². The number of rotatable bonds is 5. The molecule has 0 saturated heterocycles. The molecule has 0 radical (unpaired) electrons. The molecule has 0 fully saturated rings. The van der Waals surface area contributed by atoms with Crippen LogP contribution >= 0.6 is 0 Å². The van der Waals surface area contributed by atoms with Crippen LogP contribution in [0.3, 0.4) is 0 Å². The number of aromatic nitrogens is 1. The summed E-state index contributed by atoms with van der Waals surface area (Å²) in [5.74, 6) is -2.90. The third-order valence-electron chi connectivity index (χ3n) is 4.32. The number of carbonyl (C=O) groups is 2. The Labute approximate surface area is 158 Å². The molecule has 0 saturated carbocycles. The number of Topliss-reactive ketones (excluding diaryl/α,β-unsaturated/α-hetero) is 1. The van der Waals surface area contributed by atoms with Gasteiger partial charge in [0.05, 0.1) is 17.5 Å². The molecule has 0 amide bonds. The molecule has 4 rings (SSSR count). The Balaban J connectivity index is 1.58. The van der Waals surface area contributed by atoms with Crippen LogP contribution < -0.4 is 4.74 Å². The Hall–Kier alpha value is -3.61. The number of cyclic esters (lactones) is 1. The molecule has 2 heterocycles. The van der Waals surface area contributed by atoms with Gasteiger partial charge in [-0.05, 0) is 30.3 Å². The van der Waals surface area contributed by atoms with Crippen molar-refractivity contribution in [3.05, 3.63) is 89.1 Å². The van der Waals surface area contributed by atoms with E-state index in [1.807, 2.05) is 0 Å². The highest BCUT2D eigenvalue weighted by atomic mass is 19.1. The topological polar surface area (TPSA) is 65.5 Å². The lowest BCUT2D eigenvalue weighted by atomic mass is 9.99. The summed E-state index contributed by atoms with van der Waals surface area (Å²) >= 11 is 0. The van der Waals surface area contributed by atoms with Crippen molar-refractivity contribution in [2.24, 2.45) is 0 Å². The van der Waals surface area contributed by atoms with E-state index in [0.717, 1.165) is 12.1 Å². The Kier molecular flexibility index (Phi) is 4.57. The minimum absolute atomic E-state index is 0.103. The van der Waals surface area contributed by atoms with Crippen LogP contribution in [0.4, 0.5) is 8.78 Å². The summed E-state index contributed by atoms with van der Waals surface area (Å²) < 4.78 is 37.6. The van der Waals surface area contributed by atoms with E-state index in [0.29, 0.717) is 17.2 Å². The second kappa shape index (κ2) is 7.19. The van der Waals surface area contributed by atoms with Gasteiger partial charge in [-0.3, -0.25) is 4.79 Å². The number of pyridine rings is 1. The smallest absolute Gasteiger partial charge is 0.339 e. The number of benzene rings is 2. The molecular formula is C21H13F2NO4. The van der Waals surface area contributed by atoms with Gasteiger partial charge in [0.1, 0.15) is 11.9 Å². The van der Waals surface area contributed by atoms with Crippen LogP contribution in [0, 0.1) is 11.6 Å². The van der Waals surface area contributed by atoms with Crippen molar-refractivity contribution < 1.29 is 27.8 Å². The monoisotopic (exact) mass is 381 g/mol. The maximum absolute atomic E-state index is 13.9. The maximum Gasteiger partial charge on any atom is 0.339 e. The number of halogens is 2. The maximum atomic E-state index is 13.9. The van der Waals surface area contributed by atoms with Gasteiger partial charge in [0, 0.05) is 17.8 Å². The zero-order chi connectivity index (χ0) is 19.7. The molecule has 28 heavy (non-hydrogen) atoms. The van der Waals surface area contributed by atoms with Crippen molar-refractivity contribution in [3.8, 4) is 11.6 Å². The third-order valence-corrected chi connectivity index (χ3v) is 4.32. The summed E-state index contributed by atoms with van der Waals surface area (Å²) in [5, 5.41) is 0. The summed E-state index contributed by atoms with van der Waals surface area (Å²) in [6, 6.07) is 12.7. The zero-order valence-electron chi connectivity index (χ0n) is 14.4. The van der Waals surface area contributed by atoms with Crippen molar-refractivity contribution in [3.63, 3.8) is 0 Å². The molecule has 0 aliphatic carbocycles. The fourth-order valence-electron chi connectivity index (χ4n) is 3.00. The SMILES string of the molecule is O=C1OC(CC(=O)c2cccnc2Oc2ccc(F)cc2F)c2ccccc21. The molecule has 1 atom stereocenters. The average molecular weight is 381 g/mol. The Morgan fingerprint density at radius 3 is 2.75 bits per heavy atom. The van der Waals surface area contributed by atoms with Crippen LogP contribution in [0.15, 0.2) is 60.8 Å². The molecular weight excluding hydrogens is 368 g/mol. The van der Waals surface area contributed by atoms with Crippen molar-refractivity contribution in [1.82, 2.24) is 4.98 Å². The predicted molar refractivity (Wildman–Crippen MR) is 94.2 cm³/mol. The van der Waals surface area contributed by atoms with E-state index >= 15 is 0 Å². The van der Waals surface area contributed by atoms with E-state index < -0.39 is 23.7 Å². The van der Waals surface area contributed by atoms with Crippen LogP contribution in [0.2, 0.25) is 0 Å². The Morgan fingerprint density at radius 2 is 1.93 bits per heavy atom. The van der Waals surface area contributed by atoms with Gasteiger partial charge in [-0.15, -0.1) is 0 Å². The summed E-state index contributed by atoms with van der Waals surface area (Å²) in [4.78, 5) is 28.7. The molecule has 0 bridgehead atoms. The van der Waals surface area contributed by atoms with Crippen LogP contribution in [0.25, 0.3) is 0 Å². The van der Waals surface area contributed by atoms with Gasteiger partial charge in [0.25, 0.3) is 0 Å². The second-order valence-electron chi connectivity index (χ2n) is 6.14. The molecule has 3 aromatic rings. The fraction of sp³-hybridized carbons (Fsp3) is 0.0952. The zero-order valence-corrected chi connectivity index (χ0v) is 14.4. The molecule has 140 valence electrons. The van der Waals surface area contributed by atoms with Gasteiger partial charge in [0.2, 0.25) is 5.88 Å². The quantitative estimate of drug-likeness (QED) is 0.476. The molecule has 5 nitrogen and oxygen atoms in total. The standard InChI is InChI=1S/C21H13F2NO4/c22-12-7-8-18(16(23)10-12)27-20-15(6-3-9-24-20)17(25)11-19-13-4-1-2-5-14(13)21(26)28-19/h1-10,19H,11H2. The molecule has 0 N–H and O–H groups in total. The number of carbonyl (C=O) groups excluding carboxylic acids is 2.